The standard InChI is InChI=1S/C29H32Cl2FN3O4S/c1-5-26(28(37)33-29(2,3)4)34(18-20-11-16-24(30)25(31)17-20)27(36)19-35(22-9-7-6-8-10-22)40(38,39)23-14-12-21(32)13-15-23/h6-17,26H,5,18-19H2,1-4H3,(H,33,37). The second-order valence-corrected chi connectivity index (χ2v) is 12.9. The fourth-order valence-corrected chi connectivity index (χ4v) is 5.80. The fourth-order valence-electron chi connectivity index (χ4n) is 4.06. The lowest BCUT2D eigenvalue weighted by Gasteiger charge is -2.34. The van der Waals surface area contributed by atoms with Gasteiger partial charge in [0.1, 0.15) is 18.4 Å². The molecule has 7 nitrogen and oxygen atoms in total. The molecule has 0 aromatic heterocycles. The summed E-state index contributed by atoms with van der Waals surface area (Å²) in [6.07, 6.45) is 0.269. The summed E-state index contributed by atoms with van der Waals surface area (Å²) in [5.74, 6) is -1.59. The summed E-state index contributed by atoms with van der Waals surface area (Å²) in [6, 6.07) is 16.5. The molecule has 0 aliphatic carbocycles. The number of rotatable bonds is 10. The van der Waals surface area contributed by atoms with Crippen LogP contribution in [-0.2, 0) is 26.2 Å². The lowest BCUT2D eigenvalue weighted by atomic mass is 10.1. The van der Waals surface area contributed by atoms with E-state index >= 15 is 0 Å². The summed E-state index contributed by atoms with van der Waals surface area (Å²) in [7, 11) is -4.29. The minimum atomic E-state index is -4.29. The number of nitrogens with one attached hydrogen (secondary N) is 1. The molecule has 3 rings (SSSR count). The van der Waals surface area contributed by atoms with Gasteiger partial charge >= 0.3 is 0 Å². The van der Waals surface area contributed by atoms with Crippen LogP contribution in [0.1, 0.15) is 39.7 Å². The molecule has 0 radical (unpaired) electrons. The second-order valence-electron chi connectivity index (χ2n) is 10.2. The zero-order chi connectivity index (χ0) is 29.7. The third-order valence-corrected chi connectivity index (χ3v) is 8.47. The number of carbonyl (C=O) groups is 2. The van der Waals surface area contributed by atoms with E-state index in [1.807, 2.05) is 20.8 Å². The number of anilines is 1. The van der Waals surface area contributed by atoms with E-state index in [0.29, 0.717) is 10.6 Å². The molecule has 0 saturated heterocycles. The van der Waals surface area contributed by atoms with Crippen LogP contribution in [0.2, 0.25) is 10.0 Å². The molecule has 1 atom stereocenters. The summed E-state index contributed by atoms with van der Waals surface area (Å²) < 4.78 is 42.0. The summed E-state index contributed by atoms with van der Waals surface area (Å²) in [5.41, 5.74) is 0.282. The Hall–Kier alpha value is -3.14. The smallest absolute Gasteiger partial charge is 0.264 e. The topological polar surface area (TPSA) is 86.8 Å². The van der Waals surface area contributed by atoms with Gasteiger partial charge < -0.3 is 10.2 Å². The van der Waals surface area contributed by atoms with Gasteiger partial charge in [0, 0.05) is 12.1 Å². The van der Waals surface area contributed by atoms with E-state index in [2.05, 4.69) is 5.32 Å². The molecular formula is C29H32Cl2FN3O4S. The molecule has 0 saturated carbocycles. The molecule has 1 unspecified atom stereocenters. The van der Waals surface area contributed by atoms with E-state index in [-0.39, 0.29) is 34.5 Å². The molecule has 0 heterocycles. The summed E-state index contributed by atoms with van der Waals surface area (Å²) >= 11 is 12.3. The van der Waals surface area contributed by atoms with Crippen LogP contribution in [0.4, 0.5) is 10.1 Å². The maximum atomic E-state index is 14.0. The maximum Gasteiger partial charge on any atom is 0.264 e. The number of sulfonamides is 1. The molecule has 214 valence electrons. The fraction of sp³-hybridized carbons (Fsp3) is 0.310. The van der Waals surface area contributed by atoms with Crippen LogP contribution in [0.25, 0.3) is 0 Å². The second kappa shape index (κ2) is 13.0. The van der Waals surface area contributed by atoms with Gasteiger partial charge in [0.25, 0.3) is 10.0 Å². The lowest BCUT2D eigenvalue weighted by Crippen LogP contribution is -2.55. The highest BCUT2D eigenvalue weighted by Gasteiger charge is 2.34. The Morgan fingerprint density at radius 3 is 2.12 bits per heavy atom. The quantitative estimate of drug-likeness (QED) is 0.304. The minimum absolute atomic E-state index is 0.0228. The summed E-state index contributed by atoms with van der Waals surface area (Å²) in [5, 5.41) is 3.53. The Morgan fingerprint density at radius 1 is 0.950 bits per heavy atom. The van der Waals surface area contributed by atoms with E-state index in [9.17, 15) is 22.4 Å². The van der Waals surface area contributed by atoms with Gasteiger partial charge in [0.05, 0.1) is 20.6 Å². The number of hydrogen-bond donors (Lipinski definition) is 1. The number of halogens is 3. The van der Waals surface area contributed by atoms with Gasteiger partial charge in [-0.3, -0.25) is 13.9 Å². The Balaban J connectivity index is 2.06. The third kappa shape index (κ3) is 7.96. The van der Waals surface area contributed by atoms with E-state index in [1.165, 1.54) is 4.90 Å². The third-order valence-electron chi connectivity index (χ3n) is 5.95. The lowest BCUT2D eigenvalue weighted by molar-refractivity contribution is -0.141. The van der Waals surface area contributed by atoms with Crippen molar-refractivity contribution in [2.45, 2.75) is 57.1 Å². The molecule has 11 heteroatoms. The predicted octanol–water partition coefficient (Wildman–Crippen LogP) is 6.05. The van der Waals surface area contributed by atoms with Crippen LogP contribution in [0.5, 0.6) is 0 Å². The average Bonchev–Trinajstić information content (AvgIpc) is 2.88. The van der Waals surface area contributed by atoms with Crippen molar-refractivity contribution in [1.82, 2.24) is 10.2 Å². The van der Waals surface area contributed by atoms with Crippen molar-refractivity contribution in [3.8, 4) is 0 Å². The van der Waals surface area contributed by atoms with Crippen LogP contribution >= 0.6 is 23.2 Å². The minimum Gasteiger partial charge on any atom is -0.350 e. The zero-order valence-corrected chi connectivity index (χ0v) is 25.0. The highest BCUT2D eigenvalue weighted by molar-refractivity contribution is 7.92. The number of carbonyl (C=O) groups excluding carboxylic acids is 2. The number of hydrogen-bond acceptors (Lipinski definition) is 4. The molecule has 0 bridgehead atoms. The van der Waals surface area contributed by atoms with Crippen molar-refractivity contribution in [3.05, 3.63) is 94.2 Å². The molecule has 0 fully saturated rings. The van der Waals surface area contributed by atoms with Crippen LogP contribution in [0.15, 0.2) is 77.7 Å². The highest BCUT2D eigenvalue weighted by atomic mass is 35.5. The van der Waals surface area contributed by atoms with Gasteiger partial charge in [-0.15, -0.1) is 0 Å². The van der Waals surface area contributed by atoms with Gasteiger partial charge in [-0.1, -0.05) is 54.4 Å². The van der Waals surface area contributed by atoms with Gasteiger partial charge in [-0.2, -0.15) is 0 Å². The Morgan fingerprint density at radius 2 is 1.57 bits per heavy atom. The normalized spacial score (nSPS) is 12.5. The number of nitrogens with zero attached hydrogens (tertiary/aromatic N) is 2. The van der Waals surface area contributed by atoms with Crippen LogP contribution < -0.4 is 9.62 Å². The molecule has 3 aromatic rings. The van der Waals surface area contributed by atoms with Crippen molar-refractivity contribution < 1.29 is 22.4 Å². The molecule has 0 aliphatic rings. The zero-order valence-electron chi connectivity index (χ0n) is 22.7. The van der Waals surface area contributed by atoms with Gasteiger partial charge in [-0.05, 0) is 81.3 Å². The number of amides is 2. The van der Waals surface area contributed by atoms with E-state index in [1.54, 1.807) is 55.5 Å². The largest absolute Gasteiger partial charge is 0.350 e. The highest BCUT2D eigenvalue weighted by Crippen LogP contribution is 2.27. The predicted molar refractivity (Wildman–Crippen MR) is 156 cm³/mol. The molecular weight excluding hydrogens is 576 g/mol. The first kappa shape index (κ1) is 31.4. The van der Waals surface area contributed by atoms with Crippen molar-refractivity contribution in [2.75, 3.05) is 10.8 Å². The Bertz CT molecular complexity index is 1450. The van der Waals surface area contributed by atoms with Crippen LogP contribution in [0, 0.1) is 5.82 Å². The van der Waals surface area contributed by atoms with E-state index in [0.717, 1.165) is 28.6 Å². The maximum absolute atomic E-state index is 14.0. The molecule has 0 spiro atoms. The molecule has 40 heavy (non-hydrogen) atoms. The first-order valence-corrected chi connectivity index (χ1v) is 14.8. The Labute approximate surface area is 244 Å². The SMILES string of the molecule is CCC(C(=O)NC(C)(C)C)N(Cc1ccc(Cl)c(Cl)c1)C(=O)CN(c1ccccc1)S(=O)(=O)c1ccc(F)cc1. The molecule has 2 amide bonds. The van der Waals surface area contributed by atoms with Gasteiger partial charge in [0.15, 0.2) is 0 Å². The van der Waals surface area contributed by atoms with Gasteiger partial charge in [0.2, 0.25) is 11.8 Å². The number of para-hydroxylation sites is 1. The summed E-state index contributed by atoms with van der Waals surface area (Å²) in [4.78, 5) is 28.5. The van der Waals surface area contributed by atoms with Gasteiger partial charge in [-0.25, -0.2) is 12.8 Å². The average molecular weight is 609 g/mol. The van der Waals surface area contributed by atoms with Crippen molar-refractivity contribution in [3.63, 3.8) is 0 Å². The molecule has 0 aliphatic heterocycles. The first-order chi connectivity index (χ1) is 18.7. The van der Waals surface area contributed by atoms with E-state index in [4.69, 9.17) is 23.2 Å². The van der Waals surface area contributed by atoms with Crippen LogP contribution in [-0.4, -0.2) is 43.3 Å². The molecule has 1 N–H and O–H groups in total. The van der Waals surface area contributed by atoms with Crippen LogP contribution in [0.3, 0.4) is 0 Å². The Kier molecular flexibility index (Phi) is 10.2. The van der Waals surface area contributed by atoms with Crippen molar-refractivity contribution in [2.24, 2.45) is 0 Å². The van der Waals surface area contributed by atoms with Crippen molar-refractivity contribution >= 4 is 50.7 Å². The van der Waals surface area contributed by atoms with Crippen molar-refractivity contribution in [1.29, 1.82) is 0 Å². The monoisotopic (exact) mass is 607 g/mol. The molecule has 3 aromatic carbocycles. The summed E-state index contributed by atoms with van der Waals surface area (Å²) in [6.45, 7) is 6.63. The number of benzene rings is 3. The first-order valence-electron chi connectivity index (χ1n) is 12.6. The van der Waals surface area contributed by atoms with E-state index < -0.39 is 39.9 Å².